The molecule has 4 rings (SSSR count). The molecule has 0 heterocycles. The van der Waals surface area contributed by atoms with E-state index in [1.807, 2.05) is 48.5 Å². The number of hydrogen-bond acceptors (Lipinski definition) is 5. The number of nitrogens with zero attached hydrogens (tertiary/aromatic N) is 1. The lowest BCUT2D eigenvalue weighted by molar-refractivity contribution is -0.123. The monoisotopic (exact) mass is 502 g/mol. The van der Waals surface area contributed by atoms with Crippen LogP contribution in [0.5, 0.6) is 11.5 Å². The van der Waals surface area contributed by atoms with Crippen molar-refractivity contribution in [2.45, 2.75) is 0 Å². The number of nitrogens with one attached hydrogen (secondary N) is 1. The molecule has 4 aromatic carbocycles. The molecule has 164 valence electrons. The van der Waals surface area contributed by atoms with Crippen molar-refractivity contribution in [3.63, 3.8) is 0 Å². The third-order valence-corrected chi connectivity index (χ3v) is 5.24. The Kier molecular flexibility index (Phi) is 7.12. The van der Waals surface area contributed by atoms with E-state index in [2.05, 4.69) is 26.5 Å². The van der Waals surface area contributed by atoms with E-state index in [0.717, 1.165) is 15.2 Å². The average Bonchev–Trinajstić information content (AvgIpc) is 2.85. The van der Waals surface area contributed by atoms with Crippen LogP contribution < -0.4 is 14.9 Å². The summed E-state index contributed by atoms with van der Waals surface area (Å²) in [4.78, 5) is 24.7. The van der Waals surface area contributed by atoms with E-state index < -0.39 is 11.9 Å². The van der Waals surface area contributed by atoms with Crippen molar-refractivity contribution in [1.82, 2.24) is 5.43 Å². The van der Waals surface area contributed by atoms with Gasteiger partial charge in [0.25, 0.3) is 5.91 Å². The molecule has 0 unspecified atom stereocenters. The Balaban J connectivity index is 1.49. The van der Waals surface area contributed by atoms with Gasteiger partial charge in [-0.05, 0) is 53.2 Å². The fourth-order valence-corrected chi connectivity index (χ4v) is 3.38. The number of halogens is 1. The van der Waals surface area contributed by atoms with Crippen LogP contribution in [0.15, 0.2) is 101 Å². The van der Waals surface area contributed by atoms with E-state index in [1.165, 1.54) is 6.21 Å². The van der Waals surface area contributed by atoms with Crippen LogP contribution in [-0.2, 0) is 4.79 Å². The maximum absolute atomic E-state index is 12.6. The molecule has 0 saturated carbocycles. The van der Waals surface area contributed by atoms with Gasteiger partial charge in [0.1, 0.15) is 11.5 Å². The van der Waals surface area contributed by atoms with Crippen molar-refractivity contribution in [3.05, 3.63) is 107 Å². The van der Waals surface area contributed by atoms with Crippen LogP contribution in [0, 0.1) is 0 Å². The van der Waals surface area contributed by atoms with Crippen LogP contribution in [-0.4, -0.2) is 24.7 Å². The van der Waals surface area contributed by atoms with Gasteiger partial charge in [-0.1, -0.05) is 64.5 Å². The first-order valence-electron chi connectivity index (χ1n) is 10.1. The van der Waals surface area contributed by atoms with E-state index in [1.54, 1.807) is 42.5 Å². The molecule has 0 saturated heterocycles. The number of benzene rings is 4. The predicted octanol–water partition coefficient (Wildman–Crippen LogP) is 5.35. The van der Waals surface area contributed by atoms with Gasteiger partial charge in [-0.15, -0.1) is 0 Å². The summed E-state index contributed by atoms with van der Waals surface area (Å²) < 4.78 is 12.0. The highest BCUT2D eigenvalue weighted by molar-refractivity contribution is 9.10. The standard InChI is InChI=1S/C26H19BrN2O4/c27-20-11-13-21(14-12-20)32-17-25(30)29-28-16-23-22-9-5-4-6-18(22)10-15-24(23)33-26(31)19-7-2-1-3-8-19/h1-16H,17H2,(H,29,30). The van der Waals surface area contributed by atoms with Crippen molar-refractivity contribution in [2.75, 3.05) is 6.61 Å². The van der Waals surface area contributed by atoms with Gasteiger partial charge in [0.05, 0.1) is 11.8 Å². The quantitative estimate of drug-likeness (QED) is 0.160. The molecule has 0 fully saturated rings. The van der Waals surface area contributed by atoms with Crippen molar-refractivity contribution in [3.8, 4) is 11.5 Å². The predicted molar refractivity (Wildman–Crippen MR) is 131 cm³/mol. The summed E-state index contributed by atoms with van der Waals surface area (Å²) in [5, 5.41) is 5.84. The zero-order valence-corrected chi connectivity index (χ0v) is 19.0. The fraction of sp³-hybridized carbons (Fsp3) is 0.0385. The van der Waals surface area contributed by atoms with Gasteiger partial charge >= 0.3 is 5.97 Å². The molecule has 1 amide bonds. The van der Waals surface area contributed by atoms with Gasteiger partial charge in [0.2, 0.25) is 0 Å². The van der Waals surface area contributed by atoms with Gasteiger partial charge in [-0.2, -0.15) is 5.10 Å². The Hall–Kier alpha value is -3.97. The lowest BCUT2D eigenvalue weighted by Crippen LogP contribution is -2.24. The third kappa shape index (κ3) is 5.84. The summed E-state index contributed by atoms with van der Waals surface area (Å²) in [5.41, 5.74) is 3.46. The molecule has 1 N–H and O–H groups in total. The molecule has 0 atom stereocenters. The topological polar surface area (TPSA) is 77.0 Å². The summed E-state index contributed by atoms with van der Waals surface area (Å²) in [6.07, 6.45) is 1.47. The molecular weight excluding hydrogens is 484 g/mol. The normalized spacial score (nSPS) is 10.8. The Morgan fingerprint density at radius 1 is 0.879 bits per heavy atom. The number of amides is 1. The first-order valence-corrected chi connectivity index (χ1v) is 10.9. The molecule has 0 aliphatic carbocycles. The molecule has 7 heteroatoms. The van der Waals surface area contributed by atoms with Gasteiger partial charge < -0.3 is 9.47 Å². The van der Waals surface area contributed by atoms with Gasteiger partial charge in [-0.25, -0.2) is 10.2 Å². The van der Waals surface area contributed by atoms with Crippen LogP contribution in [0.25, 0.3) is 10.8 Å². The van der Waals surface area contributed by atoms with Crippen LogP contribution >= 0.6 is 15.9 Å². The molecule has 6 nitrogen and oxygen atoms in total. The molecule has 0 aliphatic rings. The smallest absolute Gasteiger partial charge is 0.343 e. The van der Waals surface area contributed by atoms with E-state index in [0.29, 0.717) is 22.6 Å². The van der Waals surface area contributed by atoms with Crippen LogP contribution in [0.2, 0.25) is 0 Å². The maximum Gasteiger partial charge on any atom is 0.343 e. The summed E-state index contributed by atoms with van der Waals surface area (Å²) in [5.74, 6) is 0.0119. The van der Waals surface area contributed by atoms with Crippen LogP contribution in [0.3, 0.4) is 0 Å². The zero-order chi connectivity index (χ0) is 23.0. The Labute approximate surface area is 199 Å². The van der Waals surface area contributed by atoms with Crippen molar-refractivity contribution in [1.29, 1.82) is 0 Å². The lowest BCUT2D eigenvalue weighted by atomic mass is 10.0. The van der Waals surface area contributed by atoms with Gasteiger partial charge in [-0.3, -0.25) is 4.79 Å². The highest BCUT2D eigenvalue weighted by Gasteiger charge is 2.13. The molecule has 4 aromatic rings. The zero-order valence-electron chi connectivity index (χ0n) is 17.4. The molecular formula is C26H19BrN2O4. The van der Waals surface area contributed by atoms with E-state index in [9.17, 15) is 9.59 Å². The fourth-order valence-electron chi connectivity index (χ4n) is 3.11. The Morgan fingerprint density at radius 2 is 1.61 bits per heavy atom. The SMILES string of the molecule is O=C(COc1ccc(Br)cc1)NN=Cc1c(OC(=O)c2ccccc2)ccc2ccccc12. The second kappa shape index (κ2) is 10.6. The number of rotatable bonds is 7. The van der Waals surface area contributed by atoms with Gasteiger partial charge in [0, 0.05) is 10.0 Å². The van der Waals surface area contributed by atoms with Crippen LogP contribution in [0.1, 0.15) is 15.9 Å². The van der Waals surface area contributed by atoms with E-state index in [-0.39, 0.29) is 6.61 Å². The number of esters is 1. The summed E-state index contributed by atoms with van der Waals surface area (Å²) in [6, 6.07) is 27.1. The highest BCUT2D eigenvalue weighted by Crippen LogP contribution is 2.27. The lowest BCUT2D eigenvalue weighted by Gasteiger charge is -2.10. The number of fused-ring (bicyclic) bond motifs is 1. The minimum atomic E-state index is -0.479. The second-order valence-electron chi connectivity index (χ2n) is 6.99. The van der Waals surface area contributed by atoms with Crippen LogP contribution in [0.4, 0.5) is 0 Å². The van der Waals surface area contributed by atoms with Gasteiger partial charge in [0.15, 0.2) is 6.61 Å². The minimum absolute atomic E-state index is 0.190. The summed E-state index contributed by atoms with van der Waals surface area (Å²) >= 11 is 3.35. The molecule has 0 aliphatic heterocycles. The minimum Gasteiger partial charge on any atom is -0.484 e. The average molecular weight is 503 g/mol. The second-order valence-corrected chi connectivity index (χ2v) is 7.91. The van der Waals surface area contributed by atoms with E-state index in [4.69, 9.17) is 9.47 Å². The highest BCUT2D eigenvalue weighted by atomic mass is 79.9. The number of carbonyl (C=O) groups excluding carboxylic acids is 2. The van der Waals surface area contributed by atoms with Crippen molar-refractivity contribution >= 4 is 44.8 Å². The number of hydrazone groups is 1. The molecule has 0 spiro atoms. The number of carbonyl (C=O) groups is 2. The third-order valence-electron chi connectivity index (χ3n) is 4.71. The molecule has 33 heavy (non-hydrogen) atoms. The number of ether oxygens (including phenoxy) is 2. The van der Waals surface area contributed by atoms with Crippen molar-refractivity contribution < 1.29 is 19.1 Å². The largest absolute Gasteiger partial charge is 0.484 e. The Bertz CT molecular complexity index is 1310. The molecule has 0 aromatic heterocycles. The first kappa shape index (κ1) is 22.2. The molecule has 0 bridgehead atoms. The first-order chi connectivity index (χ1) is 16.1. The Morgan fingerprint density at radius 3 is 2.39 bits per heavy atom. The van der Waals surface area contributed by atoms with E-state index >= 15 is 0 Å². The summed E-state index contributed by atoms with van der Waals surface area (Å²) in [7, 11) is 0. The number of hydrogen-bond donors (Lipinski definition) is 1. The summed E-state index contributed by atoms with van der Waals surface area (Å²) in [6.45, 7) is -0.190. The maximum atomic E-state index is 12.6. The van der Waals surface area contributed by atoms with Crippen molar-refractivity contribution in [2.24, 2.45) is 5.10 Å². The molecule has 0 radical (unpaired) electrons.